The summed E-state index contributed by atoms with van der Waals surface area (Å²) in [6.45, 7) is 0.444. The monoisotopic (exact) mass is 428 g/mol. The zero-order chi connectivity index (χ0) is 18.7. The summed E-state index contributed by atoms with van der Waals surface area (Å²) in [7, 11) is 0. The van der Waals surface area contributed by atoms with Crippen LogP contribution in [-0.4, -0.2) is 15.8 Å². The standard InChI is InChI=1S/C17H12Cl4N4O/c18-11-5-4-10(14(20)6-11)8-25-9-12(7-22-25)23-17(26)24-15-3-1-2-13(19)16(15)21/h1-7,9H,8H2,(H2,23,24,26). The van der Waals surface area contributed by atoms with E-state index in [0.29, 0.717) is 33.0 Å². The molecule has 9 heteroatoms. The van der Waals surface area contributed by atoms with Gasteiger partial charge in [0.05, 0.1) is 34.2 Å². The third-order valence-corrected chi connectivity index (χ3v) is 4.84. The van der Waals surface area contributed by atoms with E-state index in [4.69, 9.17) is 46.4 Å². The number of hydrogen-bond acceptors (Lipinski definition) is 2. The van der Waals surface area contributed by atoms with Gasteiger partial charge in [-0.3, -0.25) is 4.68 Å². The molecule has 0 aliphatic rings. The Morgan fingerprint density at radius 2 is 1.85 bits per heavy atom. The van der Waals surface area contributed by atoms with Crippen molar-refractivity contribution in [2.24, 2.45) is 0 Å². The van der Waals surface area contributed by atoms with Crippen LogP contribution in [0.15, 0.2) is 48.8 Å². The van der Waals surface area contributed by atoms with Gasteiger partial charge in [-0.1, -0.05) is 58.5 Å². The zero-order valence-corrected chi connectivity index (χ0v) is 16.2. The molecule has 26 heavy (non-hydrogen) atoms. The highest BCUT2D eigenvalue weighted by molar-refractivity contribution is 6.44. The number of benzene rings is 2. The second kappa shape index (κ2) is 8.18. The molecule has 0 aliphatic heterocycles. The first-order chi connectivity index (χ1) is 12.4. The molecule has 0 bridgehead atoms. The third kappa shape index (κ3) is 4.62. The highest BCUT2D eigenvalue weighted by atomic mass is 35.5. The molecule has 2 N–H and O–H groups in total. The van der Waals surface area contributed by atoms with E-state index in [2.05, 4.69) is 15.7 Å². The summed E-state index contributed by atoms with van der Waals surface area (Å²) in [5.74, 6) is 0. The van der Waals surface area contributed by atoms with Crippen LogP contribution in [0.5, 0.6) is 0 Å². The molecule has 0 aliphatic carbocycles. The second-order valence-corrected chi connectivity index (χ2v) is 6.97. The van der Waals surface area contributed by atoms with Gasteiger partial charge in [0, 0.05) is 16.2 Å². The van der Waals surface area contributed by atoms with Crippen LogP contribution >= 0.6 is 46.4 Å². The fourth-order valence-corrected chi connectivity index (χ4v) is 3.04. The summed E-state index contributed by atoms with van der Waals surface area (Å²) >= 11 is 24.0. The van der Waals surface area contributed by atoms with E-state index >= 15 is 0 Å². The van der Waals surface area contributed by atoms with E-state index in [9.17, 15) is 4.79 Å². The molecule has 0 atom stereocenters. The van der Waals surface area contributed by atoms with Gasteiger partial charge < -0.3 is 10.6 Å². The van der Waals surface area contributed by atoms with E-state index in [1.807, 2.05) is 6.07 Å². The first-order valence-electron chi connectivity index (χ1n) is 7.41. The molecule has 5 nitrogen and oxygen atoms in total. The second-order valence-electron chi connectivity index (χ2n) is 5.34. The molecule has 1 heterocycles. The number of nitrogens with zero attached hydrogens (tertiary/aromatic N) is 2. The fraction of sp³-hybridized carbons (Fsp3) is 0.0588. The number of anilines is 2. The number of carbonyl (C=O) groups excluding carboxylic acids is 1. The molecule has 2 aromatic carbocycles. The lowest BCUT2D eigenvalue weighted by Gasteiger charge is -2.08. The summed E-state index contributed by atoms with van der Waals surface area (Å²) < 4.78 is 1.65. The number of urea groups is 1. The van der Waals surface area contributed by atoms with E-state index in [0.717, 1.165) is 5.56 Å². The van der Waals surface area contributed by atoms with Crippen molar-refractivity contribution in [3.05, 3.63) is 74.4 Å². The van der Waals surface area contributed by atoms with Crippen LogP contribution in [-0.2, 0) is 6.54 Å². The Labute approximate surface area is 169 Å². The number of hydrogen-bond donors (Lipinski definition) is 2. The van der Waals surface area contributed by atoms with Gasteiger partial charge >= 0.3 is 6.03 Å². The number of nitrogens with one attached hydrogen (secondary N) is 2. The molecule has 1 aromatic heterocycles. The molecule has 0 saturated carbocycles. The Bertz CT molecular complexity index is 958. The lowest BCUT2D eigenvalue weighted by Crippen LogP contribution is -2.19. The van der Waals surface area contributed by atoms with Gasteiger partial charge in [0.2, 0.25) is 0 Å². The zero-order valence-electron chi connectivity index (χ0n) is 13.1. The molecule has 2 amide bonds. The number of aromatic nitrogens is 2. The van der Waals surface area contributed by atoms with Crippen molar-refractivity contribution in [3.63, 3.8) is 0 Å². The van der Waals surface area contributed by atoms with Gasteiger partial charge in [0.25, 0.3) is 0 Å². The maximum atomic E-state index is 12.1. The Balaban J connectivity index is 1.64. The normalized spacial score (nSPS) is 10.6. The van der Waals surface area contributed by atoms with Crippen LogP contribution in [0.3, 0.4) is 0 Å². The minimum absolute atomic E-state index is 0.275. The van der Waals surface area contributed by atoms with Crippen LogP contribution in [0, 0.1) is 0 Å². The molecule has 0 radical (unpaired) electrons. The summed E-state index contributed by atoms with van der Waals surface area (Å²) in [6.07, 6.45) is 3.22. The first kappa shape index (κ1) is 18.9. The van der Waals surface area contributed by atoms with E-state index in [-0.39, 0.29) is 5.02 Å². The lowest BCUT2D eigenvalue weighted by molar-refractivity contribution is 0.262. The average Bonchev–Trinajstić information content (AvgIpc) is 3.01. The maximum Gasteiger partial charge on any atom is 0.323 e. The topological polar surface area (TPSA) is 59.0 Å². The van der Waals surface area contributed by atoms with Crippen molar-refractivity contribution in [3.8, 4) is 0 Å². The summed E-state index contributed by atoms with van der Waals surface area (Å²) in [5.41, 5.74) is 1.80. The van der Waals surface area contributed by atoms with Gasteiger partial charge in [-0.05, 0) is 29.8 Å². The van der Waals surface area contributed by atoms with Crippen LogP contribution in [0.2, 0.25) is 20.1 Å². The number of halogens is 4. The summed E-state index contributed by atoms with van der Waals surface area (Å²) in [5, 5.41) is 11.3. The van der Waals surface area contributed by atoms with Crippen molar-refractivity contribution in [2.75, 3.05) is 10.6 Å². The van der Waals surface area contributed by atoms with Crippen LogP contribution < -0.4 is 10.6 Å². The average molecular weight is 430 g/mol. The van der Waals surface area contributed by atoms with E-state index in [1.54, 1.807) is 41.2 Å². The van der Waals surface area contributed by atoms with E-state index in [1.165, 1.54) is 6.20 Å². The van der Waals surface area contributed by atoms with Crippen molar-refractivity contribution in [1.82, 2.24) is 9.78 Å². The van der Waals surface area contributed by atoms with Crippen molar-refractivity contribution >= 4 is 63.8 Å². The Kier molecular flexibility index (Phi) is 5.94. The lowest BCUT2D eigenvalue weighted by atomic mass is 10.2. The maximum absolute atomic E-state index is 12.1. The fourth-order valence-electron chi connectivity index (χ4n) is 2.22. The molecular formula is C17H12Cl4N4O. The van der Waals surface area contributed by atoms with Gasteiger partial charge in [-0.25, -0.2) is 4.79 Å². The quantitative estimate of drug-likeness (QED) is 0.519. The largest absolute Gasteiger partial charge is 0.323 e. The molecule has 0 fully saturated rings. The minimum Gasteiger partial charge on any atom is -0.306 e. The third-order valence-electron chi connectivity index (χ3n) is 3.44. The molecule has 134 valence electrons. The molecule has 0 unspecified atom stereocenters. The summed E-state index contributed by atoms with van der Waals surface area (Å²) in [4.78, 5) is 12.1. The van der Waals surface area contributed by atoms with Crippen molar-refractivity contribution in [1.29, 1.82) is 0 Å². The highest BCUT2D eigenvalue weighted by Gasteiger charge is 2.10. The molecule has 0 spiro atoms. The smallest absolute Gasteiger partial charge is 0.306 e. The van der Waals surface area contributed by atoms with Gasteiger partial charge in [-0.15, -0.1) is 0 Å². The predicted molar refractivity (Wildman–Crippen MR) is 107 cm³/mol. The minimum atomic E-state index is -0.460. The van der Waals surface area contributed by atoms with Gasteiger partial charge in [0.15, 0.2) is 0 Å². The Morgan fingerprint density at radius 3 is 2.62 bits per heavy atom. The van der Waals surface area contributed by atoms with Crippen LogP contribution in [0.1, 0.15) is 5.56 Å². The molecule has 3 aromatic rings. The molecular weight excluding hydrogens is 418 g/mol. The van der Waals surface area contributed by atoms with Gasteiger partial charge in [0.1, 0.15) is 0 Å². The SMILES string of the molecule is O=C(Nc1cnn(Cc2ccc(Cl)cc2Cl)c1)Nc1cccc(Cl)c1Cl. The summed E-state index contributed by atoms with van der Waals surface area (Å²) in [6, 6.07) is 9.78. The van der Waals surface area contributed by atoms with Crippen molar-refractivity contribution in [2.45, 2.75) is 6.54 Å². The number of amides is 2. The van der Waals surface area contributed by atoms with Crippen LogP contribution in [0.4, 0.5) is 16.2 Å². The predicted octanol–water partition coefficient (Wildman–Crippen LogP) is 6.19. The highest BCUT2D eigenvalue weighted by Crippen LogP contribution is 2.29. The molecule has 0 saturated heterocycles. The Hall–Kier alpha value is -1.92. The molecule has 3 rings (SSSR count). The van der Waals surface area contributed by atoms with E-state index < -0.39 is 6.03 Å². The van der Waals surface area contributed by atoms with Gasteiger partial charge in [-0.2, -0.15) is 5.10 Å². The Morgan fingerprint density at radius 1 is 1.04 bits per heavy atom. The van der Waals surface area contributed by atoms with Crippen molar-refractivity contribution < 1.29 is 4.79 Å². The van der Waals surface area contributed by atoms with Crippen LogP contribution in [0.25, 0.3) is 0 Å². The number of carbonyl (C=O) groups is 1. The first-order valence-corrected chi connectivity index (χ1v) is 8.92. The number of rotatable bonds is 4.